The Kier molecular flexibility index (Phi) is 5.35. The molecule has 0 saturated heterocycles. The average molecular weight is 376 g/mol. The second-order valence-corrected chi connectivity index (χ2v) is 5.56. The van der Waals surface area contributed by atoms with E-state index in [-0.39, 0.29) is 12.2 Å². The molecule has 0 aliphatic rings. The number of carbonyl (C=O) groups excluding carboxylic acids is 1. The number of nitrogens with one attached hydrogen (secondary N) is 1. The fourth-order valence-corrected chi connectivity index (χ4v) is 2.38. The standard InChI is InChI=1S/C17H14ClN3O5/c1-24-13-6-5-10(16(22)20-23)8-14(13)25-9-15-19-17(26-21-15)11-3-2-4-12(18)7-11/h2-8,23H,9H2,1H3,(H,20,22). The number of hydroxylamine groups is 1. The third-order valence-electron chi connectivity index (χ3n) is 3.42. The highest BCUT2D eigenvalue weighted by atomic mass is 35.5. The van der Waals surface area contributed by atoms with Gasteiger partial charge in [0.05, 0.1) is 7.11 Å². The van der Waals surface area contributed by atoms with Crippen LogP contribution in [0.4, 0.5) is 0 Å². The highest BCUT2D eigenvalue weighted by Crippen LogP contribution is 2.29. The van der Waals surface area contributed by atoms with Crippen molar-refractivity contribution in [1.29, 1.82) is 0 Å². The molecule has 0 saturated carbocycles. The van der Waals surface area contributed by atoms with Crippen molar-refractivity contribution in [3.05, 3.63) is 58.9 Å². The molecule has 2 N–H and O–H groups in total. The van der Waals surface area contributed by atoms with Crippen LogP contribution in [0.2, 0.25) is 5.02 Å². The molecule has 9 heteroatoms. The predicted octanol–water partition coefficient (Wildman–Crippen LogP) is 3.10. The number of nitrogens with zero attached hydrogens (tertiary/aromatic N) is 2. The molecule has 134 valence electrons. The molecule has 0 fully saturated rings. The first-order valence-corrected chi connectivity index (χ1v) is 7.82. The van der Waals surface area contributed by atoms with Crippen LogP contribution >= 0.6 is 11.6 Å². The van der Waals surface area contributed by atoms with Gasteiger partial charge in [-0.3, -0.25) is 10.0 Å². The van der Waals surface area contributed by atoms with Crippen molar-refractivity contribution >= 4 is 17.5 Å². The Bertz CT molecular complexity index is 928. The minimum absolute atomic E-state index is 0.00930. The summed E-state index contributed by atoms with van der Waals surface area (Å²) < 4.78 is 16.0. The Hall–Kier alpha value is -3.10. The molecule has 0 aliphatic heterocycles. The first-order valence-electron chi connectivity index (χ1n) is 7.44. The van der Waals surface area contributed by atoms with Crippen molar-refractivity contribution in [2.24, 2.45) is 0 Å². The van der Waals surface area contributed by atoms with Crippen molar-refractivity contribution in [2.75, 3.05) is 7.11 Å². The second-order valence-electron chi connectivity index (χ2n) is 5.12. The van der Waals surface area contributed by atoms with Gasteiger partial charge in [0.15, 0.2) is 18.1 Å². The lowest BCUT2D eigenvalue weighted by Crippen LogP contribution is -2.18. The number of rotatable bonds is 6. The van der Waals surface area contributed by atoms with Crippen molar-refractivity contribution < 1.29 is 24.0 Å². The van der Waals surface area contributed by atoms with E-state index >= 15 is 0 Å². The zero-order valence-corrected chi connectivity index (χ0v) is 14.4. The summed E-state index contributed by atoms with van der Waals surface area (Å²) in [6.07, 6.45) is 0. The van der Waals surface area contributed by atoms with Crippen LogP contribution in [0.15, 0.2) is 47.0 Å². The zero-order valence-electron chi connectivity index (χ0n) is 13.6. The van der Waals surface area contributed by atoms with E-state index in [2.05, 4.69) is 10.1 Å². The molecular formula is C17H14ClN3O5. The zero-order chi connectivity index (χ0) is 18.5. The topological polar surface area (TPSA) is 107 Å². The van der Waals surface area contributed by atoms with Gasteiger partial charge in [-0.25, -0.2) is 5.48 Å². The van der Waals surface area contributed by atoms with E-state index < -0.39 is 5.91 Å². The van der Waals surface area contributed by atoms with Gasteiger partial charge in [-0.1, -0.05) is 22.8 Å². The van der Waals surface area contributed by atoms with Crippen LogP contribution < -0.4 is 15.0 Å². The number of hydrogen-bond donors (Lipinski definition) is 2. The van der Waals surface area contributed by atoms with Gasteiger partial charge < -0.3 is 14.0 Å². The van der Waals surface area contributed by atoms with Crippen LogP contribution in [0.5, 0.6) is 11.5 Å². The Labute approximate surface area is 153 Å². The molecule has 1 heterocycles. The highest BCUT2D eigenvalue weighted by Gasteiger charge is 2.13. The van der Waals surface area contributed by atoms with Crippen LogP contribution in [-0.4, -0.2) is 28.4 Å². The van der Waals surface area contributed by atoms with Crippen molar-refractivity contribution in [3.63, 3.8) is 0 Å². The molecule has 0 spiro atoms. The second kappa shape index (κ2) is 7.85. The molecule has 1 amide bonds. The molecule has 26 heavy (non-hydrogen) atoms. The Morgan fingerprint density at radius 3 is 2.85 bits per heavy atom. The largest absolute Gasteiger partial charge is 0.493 e. The van der Waals surface area contributed by atoms with E-state index in [9.17, 15) is 4.79 Å². The maximum absolute atomic E-state index is 11.5. The Morgan fingerprint density at radius 2 is 2.12 bits per heavy atom. The molecule has 0 atom stereocenters. The van der Waals surface area contributed by atoms with Gasteiger partial charge in [0, 0.05) is 16.1 Å². The number of methoxy groups -OCH3 is 1. The summed E-state index contributed by atoms with van der Waals surface area (Å²) in [4.78, 5) is 15.8. The summed E-state index contributed by atoms with van der Waals surface area (Å²) in [5.74, 6) is 0.659. The lowest BCUT2D eigenvalue weighted by Gasteiger charge is -2.10. The van der Waals surface area contributed by atoms with Gasteiger partial charge in [-0.15, -0.1) is 0 Å². The third-order valence-corrected chi connectivity index (χ3v) is 3.66. The fourth-order valence-electron chi connectivity index (χ4n) is 2.19. The SMILES string of the molecule is COc1ccc(C(=O)NO)cc1OCc1noc(-c2cccc(Cl)c2)n1. The van der Waals surface area contributed by atoms with E-state index in [0.717, 1.165) is 0 Å². The molecule has 0 unspecified atom stereocenters. The molecule has 1 aromatic heterocycles. The number of hydrogen-bond acceptors (Lipinski definition) is 7. The summed E-state index contributed by atoms with van der Waals surface area (Å²) in [6, 6.07) is 11.5. The molecule has 3 rings (SSSR count). The predicted molar refractivity (Wildman–Crippen MR) is 91.3 cm³/mol. The Balaban J connectivity index is 1.76. The molecule has 0 bridgehead atoms. The third kappa shape index (κ3) is 3.93. The lowest BCUT2D eigenvalue weighted by molar-refractivity contribution is 0.0706. The van der Waals surface area contributed by atoms with Gasteiger partial charge in [0.2, 0.25) is 5.82 Å². The first kappa shape index (κ1) is 17.7. The maximum atomic E-state index is 11.5. The number of ether oxygens (including phenoxy) is 2. The number of benzene rings is 2. The summed E-state index contributed by atoms with van der Waals surface area (Å²) in [6.45, 7) is -0.00930. The molecule has 3 aromatic rings. The van der Waals surface area contributed by atoms with Gasteiger partial charge in [-0.05, 0) is 36.4 Å². The quantitative estimate of drug-likeness (QED) is 0.503. The van der Waals surface area contributed by atoms with Crippen LogP contribution in [0.25, 0.3) is 11.5 Å². The lowest BCUT2D eigenvalue weighted by atomic mass is 10.2. The van der Waals surface area contributed by atoms with E-state index in [1.54, 1.807) is 35.8 Å². The van der Waals surface area contributed by atoms with Crippen molar-refractivity contribution in [2.45, 2.75) is 6.61 Å². The summed E-state index contributed by atoms with van der Waals surface area (Å²) in [7, 11) is 1.47. The van der Waals surface area contributed by atoms with Crippen molar-refractivity contribution in [3.8, 4) is 23.0 Å². The smallest absolute Gasteiger partial charge is 0.274 e. The number of amides is 1. The maximum Gasteiger partial charge on any atom is 0.274 e. The summed E-state index contributed by atoms with van der Waals surface area (Å²) in [5, 5.41) is 13.1. The summed E-state index contributed by atoms with van der Waals surface area (Å²) in [5.41, 5.74) is 2.45. The van der Waals surface area contributed by atoms with Crippen LogP contribution in [0, 0.1) is 0 Å². The molecule has 8 nitrogen and oxygen atoms in total. The van der Waals surface area contributed by atoms with Crippen LogP contribution in [0.3, 0.4) is 0 Å². The Morgan fingerprint density at radius 1 is 1.27 bits per heavy atom. The minimum atomic E-state index is -0.666. The van der Waals surface area contributed by atoms with Crippen molar-refractivity contribution in [1.82, 2.24) is 15.6 Å². The molecular weight excluding hydrogens is 362 g/mol. The molecule has 0 radical (unpaired) electrons. The molecule has 0 aliphatic carbocycles. The van der Waals surface area contributed by atoms with Gasteiger partial charge in [0.25, 0.3) is 11.8 Å². The van der Waals surface area contributed by atoms with E-state index in [4.69, 9.17) is 30.8 Å². The first-order chi connectivity index (χ1) is 12.6. The fraction of sp³-hybridized carbons (Fsp3) is 0.118. The normalized spacial score (nSPS) is 10.4. The van der Waals surface area contributed by atoms with E-state index in [0.29, 0.717) is 33.8 Å². The van der Waals surface area contributed by atoms with E-state index in [1.807, 2.05) is 0 Å². The van der Waals surface area contributed by atoms with Crippen LogP contribution in [0.1, 0.15) is 16.2 Å². The monoisotopic (exact) mass is 375 g/mol. The van der Waals surface area contributed by atoms with E-state index in [1.165, 1.54) is 19.2 Å². The number of aromatic nitrogens is 2. The minimum Gasteiger partial charge on any atom is -0.493 e. The molecule has 2 aromatic carbocycles. The van der Waals surface area contributed by atoms with Crippen LogP contribution in [-0.2, 0) is 6.61 Å². The highest BCUT2D eigenvalue weighted by molar-refractivity contribution is 6.30. The van der Waals surface area contributed by atoms with Gasteiger partial charge in [0.1, 0.15) is 0 Å². The van der Waals surface area contributed by atoms with Gasteiger partial charge >= 0.3 is 0 Å². The van der Waals surface area contributed by atoms with Gasteiger partial charge in [-0.2, -0.15) is 4.98 Å². The average Bonchev–Trinajstić information content (AvgIpc) is 3.14. The number of carbonyl (C=O) groups is 1. The summed E-state index contributed by atoms with van der Waals surface area (Å²) >= 11 is 5.95. The number of halogens is 1.